The van der Waals surface area contributed by atoms with Crippen molar-refractivity contribution in [3.05, 3.63) is 99.7 Å². The molecule has 1 unspecified atom stereocenters. The van der Waals surface area contributed by atoms with Crippen molar-refractivity contribution in [3.63, 3.8) is 0 Å². The molecule has 0 aliphatic carbocycles. The van der Waals surface area contributed by atoms with Crippen LogP contribution >= 0.6 is 0 Å². The Labute approximate surface area is 152 Å². The van der Waals surface area contributed by atoms with Gasteiger partial charge >= 0.3 is 0 Å². The van der Waals surface area contributed by atoms with Crippen LogP contribution < -0.4 is 5.56 Å². The molecule has 0 fully saturated rings. The third-order valence-electron chi connectivity index (χ3n) is 5.12. The first-order valence-corrected chi connectivity index (χ1v) is 8.87. The summed E-state index contributed by atoms with van der Waals surface area (Å²) < 4.78 is 16.1. The Morgan fingerprint density at radius 1 is 1.00 bits per heavy atom. The Bertz CT molecular complexity index is 995. The zero-order valence-corrected chi connectivity index (χ0v) is 14.7. The van der Waals surface area contributed by atoms with Gasteiger partial charge in [-0.2, -0.15) is 0 Å². The fourth-order valence-electron chi connectivity index (χ4n) is 3.82. The van der Waals surface area contributed by atoms with Crippen LogP contribution in [0.2, 0.25) is 0 Å². The predicted molar refractivity (Wildman–Crippen MR) is 101 cm³/mol. The fraction of sp³-hybridized carbons (Fsp3) is 0.227. The lowest BCUT2D eigenvalue weighted by Gasteiger charge is -2.19. The van der Waals surface area contributed by atoms with E-state index in [2.05, 4.69) is 24.1 Å². The van der Waals surface area contributed by atoms with Crippen LogP contribution in [0.5, 0.6) is 0 Å². The summed E-state index contributed by atoms with van der Waals surface area (Å²) in [6.45, 7) is 1.68. The molecular weight excluding hydrogens is 327 g/mol. The van der Waals surface area contributed by atoms with E-state index in [9.17, 15) is 9.18 Å². The van der Waals surface area contributed by atoms with Crippen molar-refractivity contribution >= 4 is 0 Å². The van der Waals surface area contributed by atoms with Gasteiger partial charge in [0.05, 0.1) is 0 Å². The Balaban J connectivity index is 1.84. The molecule has 4 heteroatoms. The molecule has 26 heavy (non-hydrogen) atoms. The van der Waals surface area contributed by atoms with Gasteiger partial charge in [0.15, 0.2) is 0 Å². The summed E-state index contributed by atoms with van der Waals surface area (Å²) in [5.41, 5.74) is 3.82. The molecular formula is C22H21FN2O. The van der Waals surface area contributed by atoms with Crippen LogP contribution in [0, 0.1) is 5.82 Å². The van der Waals surface area contributed by atoms with Gasteiger partial charge in [0.2, 0.25) is 0 Å². The molecule has 2 heterocycles. The van der Waals surface area contributed by atoms with E-state index >= 15 is 0 Å². The zero-order chi connectivity index (χ0) is 18.1. The highest BCUT2D eigenvalue weighted by Gasteiger charge is 2.24. The van der Waals surface area contributed by atoms with Crippen molar-refractivity contribution in [2.45, 2.75) is 18.9 Å². The van der Waals surface area contributed by atoms with E-state index in [4.69, 9.17) is 0 Å². The average molecular weight is 348 g/mol. The third kappa shape index (κ3) is 3.08. The monoisotopic (exact) mass is 348 g/mol. The first-order chi connectivity index (χ1) is 12.6. The Hall–Kier alpha value is -2.72. The number of aromatic nitrogens is 1. The van der Waals surface area contributed by atoms with Crippen molar-refractivity contribution in [2.75, 3.05) is 13.6 Å². The highest BCUT2D eigenvalue weighted by atomic mass is 19.1. The van der Waals surface area contributed by atoms with E-state index in [0.717, 1.165) is 41.9 Å². The van der Waals surface area contributed by atoms with Crippen LogP contribution in [-0.4, -0.2) is 23.1 Å². The summed E-state index contributed by atoms with van der Waals surface area (Å²) >= 11 is 0. The fourth-order valence-corrected chi connectivity index (χ4v) is 3.82. The van der Waals surface area contributed by atoms with E-state index < -0.39 is 0 Å². The Morgan fingerprint density at radius 2 is 1.81 bits per heavy atom. The molecule has 0 spiro atoms. The van der Waals surface area contributed by atoms with Crippen LogP contribution in [0.3, 0.4) is 0 Å². The lowest BCUT2D eigenvalue weighted by molar-refractivity contribution is 0.327. The molecule has 4 rings (SSSR count). The molecule has 3 nitrogen and oxygen atoms in total. The minimum Gasteiger partial charge on any atom is -0.302 e. The first kappa shape index (κ1) is 16.7. The lowest BCUT2D eigenvalue weighted by atomic mass is 9.86. The van der Waals surface area contributed by atoms with Crippen LogP contribution in [0.4, 0.5) is 4.39 Å². The molecule has 0 saturated heterocycles. The highest BCUT2D eigenvalue weighted by molar-refractivity contribution is 5.46. The Kier molecular flexibility index (Phi) is 4.43. The van der Waals surface area contributed by atoms with Gasteiger partial charge in [-0.05, 0) is 61.0 Å². The maximum absolute atomic E-state index is 14.4. The summed E-state index contributed by atoms with van der Waals surface area (Å²) in [5, 5.41) is 0. The molecule has 132 valence electrons. The summed E-state index contributed by atoms with van der Waals surface area (Å²) in [6.07, 6.45) is 2.65. The molecule has 1 aliphatic rings. The van der Waals surface area contributed by atoms with Crippen LogP contribution in [0.15, 0.2) is 71.7 Å². The largest absolute Gasteiger partial charge is 0.302 e. The molecule has 3 aromatic rings. The van der Waals surface area contributed by atoms with Crippen molar-refractivity contribution in [1.82, 2.24) is 9.47 Å². The Morgan fingerprint density at radius 3 is 2.62 bits per heavy atom. The van der Waals surface area contributed by atoms with Crippen LogP contribution in [-0.2, 0) is 6.54 Å². The number of hydrogen-bond donors (Lipinski definition) is 0. The predicted octanol–water partition coefficient (Wildman–Crippen LogP) is 3.94. The highest BCUT2D eigenvalue weighted by Crippen LogP contribution is 2.35. The molecule has 1 atom stereocenters. The second-order valence-electron chi connectivity index (χ2n) is 6.89. The van der Waals surface area contributed by atoms with Gasteiger partial charge in [-0.1, -0.05) is 30.3 Å². The maximum atomic E-state index is 14.4. The summed E-state index contributed by atoms with van der Waals surface area (Å²) in [4.78, 5) is 14.4. The molecule has 2 aromatic carbocycles. The van der Waals surface area contributed by atoms with E-state index in [1.54, 1.807) is 29.0 Å². The second-order valence-corrected chi connectivity index (χ2v) is 6.89. The summed E-state index contributed by atoms with van der Waals surface area (Å²) in [5.74, 6) is -0.131. The number of halogens is 1. The van der Waals surface area contributed by atoms with E-state index in [1.807, 2.05) is 24.3 Å². The van der Waals surface area contributed by atoms with E-state index in [-0.39, 0.29) is 17.3 Å². The van der Waals surface area contributed by atoms with Gasteiger partial charge < -0.3 is 4.90 Å². The van der Waals surface area contributed by atoms with Crippen molar-refractivity contribution < 1.29 is 4.39 Å². The molecule has 0 amide bonds. The quantitative estimate of drug-likeness (QED) is 0.701. The molecule has 0 radical (unpaired) electrons. The van der Waals surface area contributed by atoms with E-state index in [0.29, 0.717) is 0 Å². The standard InChI is InChI=1S/C22H21FN2O/c1-24-13-11-19(20-6-2-3-7-21(20)23)18-10-9-17(14-16(18)15-24)25-12-5-4-8-22(25)26/h2-10,12,14,19H,11,13,15H2,1H3. The lowest BCUT2D eigenvalue weighted by Crippen LogP contribution is -2.18. The van der Waals surface area contributed by atoms with Crippen LogP contribution in [0.25, 0.3) is 5.69 Å². The third-order valence-corrected chi connectivity index (χ3v) is 5.12. The SMILES string of the molecule is CN1CCC(c2ccccc2F)c2ccc(-n3ccccc3=O)cc2C1. The van der Waals surface area contributed by atoms with Gasteiger partial charge in [-0.3, -0.25) is 9.36 Å². The van der Waals surface area contributed by atoms with Gasteiger partial charge in [0, 0.05) is 30.4 Å². The van der Waals surface area contributed by atoms with Gasteiger partial charge in [0.1, 0.15) is 5.82 Å². The van der Waals surface area contributed by atoms with Crippen molar-refractivity contribution in [2.24, 2.45) is 0 Å². The second kappa shape index (κ2) is 6.89. The summed E-state index contributed by atoms with van der Waals surface area (Å²) in [7, 11) is 2.08. The first-order valence-electron chi connectivity index (χ1n) is 8.87. The smallest absolute Gasteiger partial charge is 0.255 e. The molecule has 1 aromatic heterocycles. The van der Waals surface area contributed by atoms with Crippen molar-refractivity contribution in [1.29, 1.82) is 0 Å². The van der Waals surface area contributed by atoms with Crippen LogP contribution in [0.1, 0.15) is 29.0 Å². The number of pyridine rings is 1. The number of nitrogens with zero attached hydrogens (tertiary/aromatic N) is 2. The van der Waals surface area contributed by atoms with Gasteiger partial charge in [-0.25, -0.2) is 4.39 Å². The zero-order valence-electron chi connectivity index (χ0n) is 14.7. The van der Waals surface area contributed by atoms with E-state index in [1.165, 1.54) is 6.07 Å². The number of fused-ring (bicyclic) bond motifs is 1. The number of rotatable bonds is 2. The minimum atomic E-state index is -0.156. The topological polar surface area (TPSA) is 25.2 Å². The maximum Gasteiger partial charge on any atom is 0.255 e. The minimum absolute atomic E-state index is 0.0256. The molecule has 1 aliphatic heterocycles. The van der Waals surface area contributed by atoms with Gasteiger partial charge in [0.25, 0.3) is 5.56 Å². The number of hydrogen-bond acceptors (Lipinski definition) is 2. The molecule has 0 bridgehead atoms. The molecule has 0 N–H and O–H groups in total. The normalized spacial score (nSPS) is 17.5. The molecule has 0 saturated carbocycles. The van der Waals surface area contributed by atoms with Crippen molar-refractivity contribution in [3.8, 4) is 5.69 Å². The summed E-state index contributed by atoms with van der Waals surface area (Å²) in [6, 6.07) is 18.3. The number of benzene rings is 2. The average Bonchev–Trinajstić information content (AvgIpc) is 2.80. The van der Waals surface area contributed by atoms with Gasteiger partial charge in [-0.15, -0.1) is 0 Å².